The first kappa shape index (κ1) is 21.0. The van der Waals surface area contributed by atoms with E-state index in [0.29, 0.717) is 5.69 Å². The van der Waals surface area contributed by atoms with Gasteiger partial charge in [-0.25, -0.2) is 0 Å². The quantitative estimate of drug-likeness (QED) is 0.387. The highest BCUT2D eigenvalue weighted by molar-refractivity contribution is 6.37. The number of likely N-dealkylation sites (N-methyl/N-ethyl adjacent to an activating group) is 1. The fraction of sp³-hybridized carbons (Fsp3) is 0.111. The zero-order valence-corrected chi connectivity index (χ0v) is 16.0. The summed E-state index contributed by atoms with van der Waals surface area (Å²) < 4.78 is 0. The second-order valence-corrected chi connectivity index (χ2v) is 6.38. The molecule has 0 saturated carbocycles. The number of pyridine rings is 1. The Labute approximate surface area is 170 Å². The summed E-state index contributed by atoms with van der Waals surface area (Å²) in [4.78, 5) is 29.3. The molecule has 1 aromatic heterocycles. The molecule has 0 radical (unpaired) electrons. The van der Waals surface area contributed by atoms with Gasteiger partial charge in [0.15, 0.2) is 11.3 Å². The predicted octanol–water partition coefficient (Wildman–Crippen LogP) is 2.98. The van der Waals surface area contributed by atoms with Crippen LogP contribution < -0.4 is 5.32 Å². The predicted molar refractivity (Wildman–Crippen MR) is 104 cm³/mol. The molecule has 10 heteroatoms. The minimum atomic E-state index is -0.884. The monoisotopic (exact) mass is 420 g/mol. The number of phenolic OH excluding ortho intramolecular Hbond substituents is 1. The summed E-state index contributed by atoms with van der Waals surface area (Å²) in [6, 6.07) is 7.06. The lowest BCUT2D eigenvalue weighted by molar-refractivity contribution is -0.129. The Morgan fingerprint density at radius 2 is 1.82 bits per heavy atom. The van der Waals surface area contributed by atoms with Gasteiger partial charge in [-0.3, -0.25) is 14.6 Å². The number of carbonyl (C=O) groups is 2. The summed E-state index contributed by atoms with van der Waals surface area (Å²) in [6.07, 6.45) is 2.99. The molecule has 2 aromatic rings. The smallest absolute Gasteiger partial charge is 0.268 e. The third-order valence-corrected chi connectivity index (χ3v) is 4.12. The maximum Gasteiger partial charge on any atom is 0.268 e. The van der Waals surface area contributed by atoms with Crippen molar-refractivity contribution in [3.63, 3.8) is 0 Å². The minimum Gasteiger partial charge on any atom is -0.506 e. The van der Waals surface area contributed by atoms with Crippen molar-refractivity contribution in [3.8, 4) is 11.8 Å². The molecule has 28 heavy (non-hydrogen) atoms. The Bertz CT molecular complexity index is 964. The molecule has 2 amide bonds. The van der Waals surface area contributed by atoms with Gasteiger partial charge in [-0.1, -0.05) is 23.2 Å². The number of aliphatic hydroxyl groups excluding tert-OH is 1. The molecule has 0 aliphatic rings. The Morgan fingerprint density at radius 3 is 2.36 bits per heavy atom. The summed E-state index contributed by atoms with van der Waals surface area (Å²) >= 11 is 11.6. The van der Waals surface area contributed by atoms with E-state index in [4.69, 9.17) is 23.2 Å². The summed E-state index contributed by atoms with van der Waals surface area (Å²) in [5.74, 6) is -2.47. The van der Waals surface area contributed by atoms with Crippen LogP contribution in [-0.2, 0) is 9.59 Å². The van der Waals surface area contributed by atoms with Gasteiger partial charge < -0.3 is 20.4 Å². The van der Waals surface area contributed by atoms with Crippen LogP contribution in [0.2, 0.25) is 10.0 Å². The van der Waals surface area contributed by atoms with Crippen LogP contribution in [0.1, 0.15) is 5.56 Å². The first-order valence-electron chi connectivity index (χ1n) is 7.71. The van der Waals surface area contributed by atoms with Crippen LogP contribution in [0.25, 0.3) is 5.76 Å². The van der Waals surface area contributed by atoms with Crippen molar-refractivity contribution >= 4 is 46.5 Å². The largest absolute Gasteiger partial charge is 0.506 e. The van der Waals surface area contributed by atoms with Crippen LogP contribution in [0.4, 0.5) is 5.69 Å². The molecule has 0 aliphatic carbocycles. The fourth-order valence-corrected chi connectivity index (χ4v) is 2.65. The molecule has 0 spiro atoms. The lowest BCUT2D eigenvalue weighted by Crippen LogP contribution is -2.35. The van der Waals surface area contributed by atoms with E-state index in [-0.39, 0.29) is 22.2 Å². The SMILES string of the molecule is CN(CC(=O)Nc1ccncc1)C(=O)/C(C#N)=C(\O)c1cc(Cl)c(O)c(Cl)c1. The highest BCUT2D eigenvalue weighted by Gasteiger charge is 2.23. The summed E-state index contributed by atoms with van der Waals surface area (Å²) in [6.45, 7) is -0.364. The molecule has 0 unspecified atom stereocenters. The number of phenols is 1. The number of hydrogen-bond donors (Lipinski definition) is 3. The molecule has 8 nitrogen and oxygen atoms in total. The average Bonchev–Trinajstić information content (AvgIpc) is 2.66. The average molecular weight is 421 g/mol. The Balaban J connectivity index is 2.20. The second-order valence-electron chi connectivity index (χ2n) is 5.57. The number of nitrogens with one attached hydrogen (secondary N) is 1. The maximum absolute atomic E-state index is 12.5. The highest BCUT2D eigenvalue weighted by atomic mass is 35.5. The number of amides is 2. The molecular formula is C18H14Cl2N4O4. The van der Waals surface area contributed by atoms with Crippen molar-refractivity contribution in [2.24, 2.45) is 0 Å². The zero-order valence-electron chi connectivity index (χ0n) is 14.5. The van der Waals surface area contributed by atoms with Crippen LogP contribution >= 0.6 is 23.2 Å². The molecular weight excluding hydrogens is 407 g/mol. The molecule has 2 rings (SSSR count). The van der Waals surface area contributed by atoms with Crippen LogP contribution in [0.5, 0.6) is 5.75 Å². The van der Waals surface area contributed by atoms with E-state index in [1.54, 1.807) is 18.2 Å². The van der Waals surface area contributed by atoms with E-state index in [2.05, 4.69) is 10.3 Å². The van der Waals surface area contributed by atoms with E-state index in [9.17, 15) is 25.1 Å². The molecule has 0 fully saturated rings. The van der Waals surface area contributed by atoms with E-state index < -0.39 is 28.9 Å². The number of aliphatic hydroxyl groups is 1. The number of halogens is 2. The fourth-order valence-electron chi connectivity index (χ4n) is 2.16. The number of carbonyl (C=O) groups excluding carboxylic acids is 2. The summed E-state index contributed by atoms with van der Waals surface area (Å²) in [5.41, 5.74) is -0.155. The molecule has 0 atom stereocenters. The number of hydrogen-bond acceptors (Lipinski definition) is 6. The molecule has 144 valence electrons. The molecule has 0 aliphatic heterocycles. The molecule has 3 N–H and O–H groups in total. The maximum atomic E-state index is 12.5. The van der Waals surface area contributed by atoms with Gasteiger partial charge in [0, 0.05) is 30.7 Å². The first-order chi connectivity index (χ1) is 13.2. The molecule has 0 saturated heterocycles. The normalized spacial score (nSPS) is 11.2. The van der Waals surface area contributed by atoms with Gasteiger partial charge in [-0.2, -0.15) is 5.26 Å². The number of rotatable bonds is 5. The third kappa shape index (κ3) is 4.91. The number of benzene rings is 1. The molecule has 1 heterocycles. The van der Waals surface area contributed by atoms with Gasteiger partial charge in [0.05, 0.1) is 16.6 Å². The summed E-state index contributed by atoms with van der Waals surface area (Å²) in [5, 5.41) is 31.4. The van der Waals surface area contributed by atoms with Crippen molar-refractivity contribution in [1.29, 1.82) is 5.26 Å². The van der Waals surface area contributed by atoms with Gasteiger partial charge in [0.2, 0.25) is 5.91 Å². The van der Waals surface area contributed by atoms with Gasteiger partial charge >= 0.3 is 0 Å². The Morgan fingerprint density at radius 1 is 1.25 bits per heavy atom. The highest BCUT2D eigenvalue weighted by Crippen LogP contribution is 2.35. The van der Waals surface area contributed by atoms with E-state index in [0.717, 1.165) is 17.0 Å². The number of nitriles is 1. The van der Waals surface area contributed by atoms with Crippen molar-refractivity contribution < 1.29 is 19.8 Å². The van der Waals surface area contributed by atoms with Crippen molar-refractivity contribution in [2.75, 3.05) is 18.9 Å². The number of nitrogens with zero attached hydrogens (tertiary/aromatic N) is 3. The number of anilines is 1. The second kappa shape index (κ2) is 9.08. The minimum absolute atomic E-state index is 0.0349. The number of aromatic hydroxyl groups is 1. The Hall–Kier alpha value is -3.28. The standard InChI is InChI=1S/C18H14Cl2N4O4/c1-24(9-15(25)23-11-2-4-22-5-3-11)18(28)12(8-21)16(26)10-6-13(19)17(27)14(20)7-10/h2-7,26-27H,9H2,1H3,(H,22,23,25)/b16-12-. The van der Waals surface area contributed by atoms with Gasteiger partial charge in [-0.05, 0) is 24.3 Å². The molecule has 0 bridgehead atoms. The van der Waals surface area contributed by atoms with Gasteiger partial charge in [-0.15, -0.1) is 0 Å². The third-order valence-electron chi connectivity index (χ3n) is 3.54. The van der Waals surface area contributed by atoms with Gasteiger partial charge in [0.25, 0.3) is 5.91 Å². The van der Waals surface area contributed by atoms with Crippen molar-refractivity contribution in [1.82, 2.24) is 9.88 Å². The van der Waals surface area contributed by atoms with Crippen LogP contribution in [0, 0.1) is 11.3 Å². The lowest BCUT2D eigenvalue weighted by atomic mass is 10.1. The molecule has 1 aromatic carbocycles. The number of aromatic nitrogens is 1. The zero-order chi connectivity index (χ0) is 20.8. The topological polar surface area (TPSA) is 127 Å². The van der Waals surface area contributed by atoms with Crippen LogP contribution in [-0.4, -0.2) is 45.5 Å². The van der Waals surface area contributed by atoms with Crippen LogP contribution in [0.3, 0.4) is 0 Å². The van der Waals surface area contributed by atoms with E-state index in [1.807, 2.05) is 0 Å². The lowest BCUT2D eigenvalue weighted by Gasteiger charge is -2.17. The van der Waals surface area contributed by atoms with E-state index in [1.165, 1.54) is 19.4 Å². The first-order valence-corrected chi connectivity index (χ1v) is 8.47. The van der Waals surface area contributed by atoms with E-state index >= 15 is 0 Å². The Kier molecular flexibility index (Phi) is 6.82. The van der Waals surface area contributed by atoms with Crippen molar-refractivity contribution in [3.05, 3.63) is 57.8 Å². The van der Waals surface area contributed by atoms with Crippen molar-refractivity contribution in [2.45, 2.75) is 0 Å². The van der Waals surface area contributed by atoms with Crippen LogP contribution in [0.15, 0.2) is 42.2 Å². The summed E-state index contributed by atoms with van der Waals surface area (Å²) in [7, 11) is 1.30. The van der Waals surface area contributed by atoms with Gasteiger partial charge in [0.1, 0.15) is 11.8 Å².